The van der Waals surface area contributed by atoms with Crippen LogP contribution in [-0.4, -0.2) is 27.1 Å². The van der Waals surface area contributed by atoms with Crippen LogP contribution >= 0.6 is 11.8 Å². The molecule has 3 aromatic rings. The summed E-state index contributed by atoms with van der Waals surface area (Å²) in [6.45, 7) is 3.21. The Balaban J connectivity index is 1.51. The molecule has 3 rings (SSSR count). The van der Waals surface area contributed by atoms with Gasteiger partial charge < -0.3 is 10.5 Å². The molecular formula is C19H22N4OS. The summed E-state index contributed by atoms with van der Waals surface area (Å²) in [6.07, 6.45) is 0.984. The minimum Gasteiger partial charge on any atom is -0.492 e. The Hall–Kier alpha value is -2.47. The molecule has 0 aliphatic carbocycles. The maximum atomic E-state index is 5.94. The monoisotopic (exact) mass is 354 g/mol. The van der Waals surface area contributed by atoms with E-state index >= 15 is 0 Å². The van der Waals surface area contributed by atoms with Crippen molar-refractivity contribution >= 4 is 17.7 Å². The quantitative estimate of drug-likeness (QED) is 0.626. The van der Waals surface area contributed by atoms with Crippen LogP contribution in [0.5, 0.6) is 5.75 Å². The maximum absolute atomic E-state index is 5.94. The van der Waals surface area contributed by atoms with Gasteiger partial charge in [-0.2, -0.15) is 0 Å². The lowest BCUT2D eigenvalue weighted by Crippen LogP contribution is -2.12. The molecule has 0 amide bonds. The number of nitrogen functional groups attached to an aromatic ring is 1. The Labute approximate surface area is 152 Å². The van der Waals surface area contributed by atoms with Gasteiger partial charge in [0.25, 0.3) is 0 Å². The van der Waals surface area contributed by atoms with E-state index in [-0.39, 0.29) is 0 Å². The fourth-order valence-corrected chi connectivity index (χ4v) is 3.37. The molecule has 1 aromatic heterocycles. The van der Waals surface area contributed by atoms with Crippen molar-refractivity contribution in [3.8, 4) is 5.75 Å². The second kappa shape index (κ2) is 8.58. The van der Waals surface area contributed by atoms with Crippen LogP contribution < -0.4 is 10.5 Å². The molecule has 0 radical (unpaired) electrons. The normalized spacial score (nSPS) is 10.8. The molecule has 0 saturated carbocycles. The molecular weight excluding hydrogens is 332 g/mol. The number of thioether (sulfide) groups is 1. The van der Waals surface area contributed by atoms with Crippen molar-refractivity contribution in [2.24, 2.45) is 0 Å². The van der Waals surface area contributed by atoms with Crippen molar-refractivity contribution in [3.05, 3.63) is 65.7 Å². The van der Waals surface area contributed by atoms with E-state index in [0.717, 1.165) is 23.1 Å². The van der Waals surface area contributed by atoms with Gasteiger partial charge in [0.05, 0.1) is 6.54 Å². The van der Waals surface area contributed by atoms with Crippen molar-refractivity contribution in [3.63, 3.8) is 0 Å². The first-order chi connectivity index (χ1) is 12.2. The first-order valence-corrected chi connectivity index (χ1v) is 9.26. The molecule has 2 N–H and O–H groups in total. The summed E-state index contributed by atoms with van der Waals surface area (Å²) in [5, 5.41) is 9.01. The van der Waals surface area contributed by atoms with Crippen LogP contribution in [0, 0.1) is 6.92 Å². The van der Waals surface area contributed by atoms with Crippen molar-refractivity contribution in [2.45, 2.75) is 25.0 Å². The summed E-state index contributed by atoms with van der Waals surface area (Å²) >= 11 is 1.66. The van der Waals surface area contributed by atoms with Gasteiger partial charge in [0.15, 0.2) is 5.16 Å². The highest BCUT2D eigenvalue weighted by atomic mass is 32.2. The fraction of sp³-hybridized carbons (Fsp3) is 0.263. The molecule has 0 saturated heterocycles. The topological polar surface area (TPSA) is 66.0 Å². The lowest BCUT2D eigenvalue weighted by molar-refractivity contribution is 0.294. The molecule has 0 unspecified atom stereocenters. The van der Waals surface area contributed by atoms with E-state index in [1.165, 1.54) is 11.1 Å². The Bertz CT molecular complexity index is 787. The van der Waals surface area contributed by atoms with Crippen LogP contribution in [-0.2, 0) is 13.0 Å². The molecule has 0 aliphatic heterocycles. The first-order valence-electron chi connectivity index (χ1n) is 8.27. The highest BCUT2D eigenvalue weighted by Crippen LogP contribution is 2.20. The van der Waals surface area contributed by atoms with Crippen molar-refractivity contribution in [2.75, 3.05) is 18.1 Å². The van der Waals surface area contributed by atoms with Crippen LogP contribution in [0.15, 0.2) is 59.8 Å². The molecule has 6 heteroatoms. The standard InChI is InChI=1S/C19H22N4OS/c1-15-7-9-17(10-8-15)24-13-12-23-18(20)21-22-19(23)25-14-11-16-5-3-2-4-6-16/h2-10H,11-14H2,1H3,(H2,20,21). The molecule has 5 nitrogen and oxygen atoms in total. The van der Waals surface area contributed by atoms with Crippen LogP contribution in [0.1, 0.15) is 11.1 Å². The number of anilines is 1. The summed E-state index contributed by atoms with van der Waals surface area (Å²) < 4.78 is 7.68. The third-order valence-electron chi connectivity index (χ3n) is 3.81. The smallest absolute Gasteiger partial charge is 0.222 e. The van der Waals surface area contributed by atoms with Gasteiger partial charge in [0.1, 0.15) is 12.4 Å². The largest absolute Gasteiger partial charge is 0.492 e. The average molecular weight is 354 g/mol. The molecule has 130 valence electrons. The Morgan fingerprint density at radius 1 is 1.04 bits per heavy atom. The molecule has 0 atom stereocenters. The number of hydrogen-bond acceptors (Lipinski definition) is 5. The van der Waals surface area contributed by atoms with E-state index in [0.29, 0.717) is 19.1 Å². The number of benzene rings is 2. The molecule has 0 fully saturated rings. The number of aromatic nitrogens is 3. The second-order valence-corrected chi connectivity index (χ2v) is 6.80. The molecule has 0 aliphatic rings. The summed E-state index contributed by atoms with van der Waals surface area (Å²) in [4.78, 5) is 0. The Morgan fingerprint density at radius 3 is 2.56 bits per heavy atom. The van der Waals surface area contributed by atoms with Gasteiger partial charge in [-0.3, -0.25) is 4.57 Å². The fourth-order valence-electron chi connectivity index (χ4n) is 2.41. The lowest BCUT2D eigenvalue weighted by Gasteiger charge is -2.10. The van der Waals surface area contributed by atoms with Crippen LogP contribution in [0.3, 0.4) is 0 Å². The SMILES string of the molecule is Cc1ccc(OCCn2c(N)nnc2SCCc2ccccc2)cc1. The predicted octanol–water partition coefficient (Wildman–Crippen LogP) is 3.58. The second-order valence-electron chi connectivity index (χ2n) is 5.74. The third kappa shape index (κ3) is 5.00. The maximum Gasteiger partial charge on any atom is 0.222 e. The number of hydrogen-bond donors (Lipinski definition) is 1. The highest BCUT2D eigenvalue weighted by Gasteiger charge is 2.10. The average Bonchev–Trinajstić information content (AvgIpc) is 2.98. The van der Waals surface area contributed by atoms with Crippen LogP contribution in [0.25, 0.3) is 0 Å². The van der Waals surface area contributed by atoms with Crippen LogP contribution in [0.2, 0.25) is 0 Å². The summed E-state index contributed by atoms with van der Waals surface area (Å²) in [7, 11) is 0. The zero-order chi connectivity index (χ0) is 17.5. The summed E-state index contributed by atoms with van der Waals surface area (Å²) in [6, 6.07) is 18.4. The van der Waals surface area contributed by atoms with Crippen molar-refractivity contribution in [1.82, 2.24) is 14.8 Å². The van der Waals surface area contributed by atoms with E-state index in [1.54, 1.807) is 11.8 Å². The van der Waals surface area contributed by atoms with Gasteiger partial charge in [-0.05, 0) is 31.0 Å². The number of aryl methyl sites for hydroxylation is 2. The third-order valence-corrected chi connectivity index (χ3v) is 4.78. The number of rotatable bonds is 8. The van der Waals surface area contributed by atoms with Gasteiger partial charge in [0, 0.05) is 5.75 Å². The highest BCUT2D eigenvalue weighted by molar-refractivity contribution is 7.99. The van der Waals surface area contributed by atoms with Gasteiger partial charge in [-0.25, -0.2) is 0 Å². The van der Waals surface area contributed by atoms with Crippen molar-refractivity contribution in [1.29, 1.82) is 0 Å². The number of ether oxygens (including phenoxy) is 1. The summed E-state index contributed by atoms with van der Waals surface area (Å²) in [5.74, 6) is 2.21. The minimum absolute atomic E-state index is 0.426. The van der Waals surface area contributed by atoms with Crippen molar-refractivity contribution < 1.29 is 4.74 Å². The molecule has 25 heavy (non-hydrogen) atoms. The predicted molar refractivity (Wildman–Crippen MR) is 102 cm³/mol. The first kappa shape index (κ1) is 17.4. The van der Waals surface area contributed by atoms with Gasteiger partial charge >= 0.3 is 0 Å². The number of nitrogens with zero attached hydrogens (tertiary/aromatic N) is 3. The van der Waals surface area contributed by atoms with Gasteiger partial charge in [0.2, 0.25) is 5.95 Å². The minimum atomic E-state index is 0.426. The van der Waals surface area contributed by atoms with Gasteiger partial charge in [-0.15, -0.1) is 10.2 Å². The molecule has 0 bridgehead atoms. The van der Waals surface area contributed by atoms with E-state index in [4.69, 9.17) is 10.5 Å². The lowest BCUT2D eigenvalue weighted by atomic mass is 10.2. The Kier molecular flexibility index (Phi) is 5.95. The Morgan fingerprint density at radius 2 is 1.80 bits per heavy atom. The molecule has 1 heterocycles. The zero-order valence-electron chi connectivity index (χ0n) is 14.3. The van der Waals surface area contributed by atoms with E-state index < -0.39 is 0 Å². The van der Waals surface area contributed by atoms with Gasteiger partial charge in [-0.1, -0.05) is 59.8 Å². The zero-order valence-corrected chi connectivity index (χ0v) is 15.1. The molecule has 0 spiro atoms. The van der Waals surface area contributed by atoms with E-state index in [1.807, 2.05) is 34.9 Å². The van der Waals surface area contributed by atoms with E-state index in [2.05, 4.69) is 41.4 Å². The van der Waals surface area contributed by atoms with E-state index in [9.17, 15) is 0 Å². The summed E-state index contributed by atoms with van der Waals surface area (Å²) in [5.41, 5.74) is 8.48. The van der Waals surface area contributed by atoms with Crippen LogP contribution in [0.4, 0.5) is 5.95 Å². The molecule has 2 aromatic carbocycles. The number of nitrogens with two attached hydrogens (primary N) is 1.